The summed E-state index contributed by atoms with van der Waals surface area (Å²) in [5.41, 5.74) is -0.967. The first kappa shape index (κ1) is 20.8. The molecule has 148 valence electrons. The SMILES string of the molecule is C#CCNC(=O)CN1CCCN(c2nc(N(C)C)cc(C(F)(F)F)n2)CC1. The molecular formula is C17H23F3N6O. The molecule has 1 N–H and O–H groups in total. The largest absolute Gasteiger partial charge is 0.433 e. The van der Waals surface area contributed by atoms with Crippen LogP contribution in [0.4, 0.5) is 24.9 Å². The summed E-state index contributed by atoms with van der Waals surface area (Å²) in [6, 6.07) is 0.934. The van der Waals surface area contributed by atoms with Crippen molar-refractivity contribution < 1.29 is 18.0 Å². The summed E-state index contributed by atoms with van der Waals surface area (Å²) in [4.78, 5) is 24.9. The third-order valence-corrected chi connectivity index (χ3v) is 4.08. The Bertz CT molecular complexity index is 701. The van der Waals surface area contributed by atoms with Crippen LogP contribution in [0.25, 0.3) is 0 Å². The molecule has 0 radical (unpaired) electrons. The summed E-state index contributed by atoms with van der Waals surface area (Å²) >= 11 is 0. The lowest BCUT2D eigenvalue weighted by molar-refractivity contribution is -0.141. The average molecular weight is 384 g/mol. The minimum atomic E-state index is -4.55. The normalized spacial score (nSPS) is 15.8. The Morgan fingerprint density at radius 1 is 1.30 bits per heavy atom. The zero-order valence-corrected chi connectivity index (χ0v) is 15.4. The number of aromatic nitrogens is 2. The van der Waals surface area contributed by atoms with Crippen LogP contribution in [-0.2, 0) is 11.0 Å². The van der Waals surface area contributed by atoms with Gasteiger partial charge in [-0.05, 0) is 6.42 Å². The number of amides is 1. The molecule has 0 spiro atoms. The maximum absolute atomic E-state index is 13.2. The van der Waals surface area contributed by atoms with Gasteiger partial charge in [-0.25, -0.2) is 4.98 Å². The molecule has 10 heteroatoms. The molecule has 1 aliphatic rings. The second kappa shape index (κ2) is 8.90. The van der Waals surface area contributed by atoms with Crippen LogP contribution in [0, 0.1) is 12.3 Å². The number of anilines is 2. The van der Waals surface area contributed by atoms with E-state index < -0.39 is 11.9 Å². The predicted octanol–water partition coefficient (Wildman–Crippen LogP) is 0.823. The first-order valence-electron chi connectivity index (χ1n) is 8.51. The van der Waals surface area contributed by atoms with Crippen LogP contribution in [0.1, 0.15) is 12.1 Å². The number of nitrogens with one attached hydrogen (secondary N) is 1. The fraction of sp³-hybridized carbons (Fsp3) is 0.588. The fourth-order valence-electron chi connectivity index (χ4n) is 2.68. The third kappa shape index (κ3) is 5.99. The Labute approximate surface area is 156 Å². The monoisotopic (exact) mass is 384 g/mol. The number of nitrogens with zero attached hydrogens (tertiary/aromatic N) is 5. The number of carbonyl (C=O) groups excluding carboxylic acids is 1. The Morgan fingerprint density at radius 3 is 2.67 bits per heavy atom. The van der Waals surface area contributed by atoms with E-state index in [0.29, 0.717) is 32.6 Å². The highest BCUT2D eigenvalue weighted by Gasteiger charge is 2.34. The van der Waals surface area contributed by atoms with E-state index in [4.69, 9.17) is 6.42 Å². The van der Waals surface area contributed by atoms with Crippen LogP contribution in [-0.4, -0.2) is 74.1 Å². The van der Waals surface area contributed by atoms with Gasteiger partial charge in [0, 0.05) is 46.3 Å². The van der Waals surface area contributed by atoms with Crippen LogP contribution in [0.2, 0.25) is 0 Å². The lowest BCUT2D eigenvalue weighted by atomic mass is 10.3. The number of halogens is 3. The molecule has 27 heavy (non-hydrogen) atoms. The van der Waals surface area contributed by atoms with E-state index in [2.05, 4.69) is 21.2 Å². The number of alkyl halides is 3. The lowest BCUT2D eigenvalue weighted by Crippen LogP contribution is -2.39. The standard InChI is InChI=1S/C17H23F3N6O/c1-4-6-21-15(27)12-25-7-5-8-26(10-9-25)16-22-13(17(18,19)20)11-14(23-16)24(2)3/h1,11H,5-10,12H2,2-3H3,(H,21,27). The topological polar surface area (TPSA) is 64.6 Å². The highest BCUT2D eigenvalue weighted by molar-refractivity contribution is 5.78. The zero-order valence-electron chi connectivity index (χ0n) is 15.4. The van der Waals surface area contributed by atoms with E-state index in [-0.39, 0.29) is 30.8 Å². The van der Waals surface area contributed by atoms with E-state index in [1.54, 1.807) is 19.0 Å². The number of hydrogen-bond donors (Lipinski definition) is 1. The lowest BCUT2D eigenvalue weighted by Gasteiger charge is -2.24. The molecule has 1 fully saturated rings. The molecule has 0 unspecified atom stereocenters. The van der Waals surface area contributed by atoms with E-state index in [1.807, 2.05) is 4.90 Å². The molecule has 0 aliphatic carbocycles. The number of hydrogen-bond acceptors (Lipinski definition) is 6. The first-order valence-corrected chi connectivity index (χ1v) is 8.51. The molecule has 1 aromatic heterocycles. The summed E-state index contributed by atoms with van der Waals surface area (Å²) in [7, 11) is 3.26. The molecule has 1 aliphatic heterocycles. The number of carbonyl (C=O) groups is 1. The van der Waals surface area contributed by atoms with Crippen molar-refractivity contribution in [1.82, 2.24) is 20.2 Å². The third-order valence-electron chi connectivity index (χ3n) is 4.08. The van der Waals surface area contributed by atoms with Crippen molar-refractivity contribution in [3.05, 3.63) is 11.8 Å². The van der Waals surface area contributed by atoms with Crippen molar-refractivity contribution in [2.75, 3.05) is 63.2 Å². The van der Waals surface area contributed by atoms with Gasteiger partial charge >= 0.3 is 6.18 Å². The summed E-state index contributed by atoms with van der Waals surface area (Å²) in [5, 5.41) is 2.60. The second-order valence-electron chi connectivity index (χ2n) is 6.40. The van der Waals surface area contributed by atoms with Crippen LogP contribution in [0.3, 0.4) is 0 Å². The summed E-state index contributed by atoms with van der Waals surface area (Å²) in [5.74, 6) is 2.41. The van der Waals surface area contributed by atoms with Gasteiger partial charge in [0.25, 0.3) is 0 Å². The molecule has 0 aromatic carbocycles. The van der Waals surface area contributed by atoms with E-state index in [9.17, 15) is 18.0 Å². The van der Waals surface area contributed by atoms with Gasteiger partial charge in [-0.2, -0.15) is 18.2 Å². The Kier molecular flexibility index (Phi) is 6.85. The second-order valence-corrected chi connectivity index (χ2v) is 6.40. The van der Waals surface area contributed by atoms with Crippen molar-refractivity contribution in [2.24, 2.45) is 0 Å². The molecule has 0 atom stereocenters. The van der Waals surface area contributed by atoms with Gasteiger partial charge in [-0.3, -0.25) is 9.69 Å². The van der Waals surface area contributed by atoms with E-state index >= 15 is 0 Å². The average Bonchev–Trinajstić information content (AvgIpc) is 2.84. The van der Waals surface area contributed by atoms with Crippen LogP contribution in [0.5, 0.6) is 0 Å². The minimum absolute atomic E-state index is 0.0483. The molecule has 1 saturated heterocycles. The molecule has 1 aromatic rings. The molecule has 2 rings (SSSR count). The maximum Gasteiger partial charge on any atom is 0.433 e. The van der Waals surface area contributed by atoms with Crippen molar-refractivity contribution >= 4 is 17.7 Å². The number of terminal acetylenes is 1. The van der Waals surface area contributed by atoms with Crippen LogP contribution >= 0.6 is 0 Å². The summed E-state index contributed by atoms with van der Waals surface area (Å²) in [6.07, 6.45) is 1.25. The molecule has 7 nitrogen and oxygen atoms in total. The van der Waals surface area contributed by atoms with Gasteiger partial charge in [-0.1, -0.05) is 5.92 Å². The molecular weight excluding hydrogens is 361 g/mol. The number of rotatable bonds is 5. The summed E-state index contributed by atoms with van der Waals surface area (Å²) in [6.45, 7) is 2.47. The van der Waals surface area contributed by atoms with Gasteiger partial charge in [0.1, 0.15) is 5.82 Å². The maximum atomic E-state index is 13.2. The van der Waals surface area contributed by atoms with Crippen LogP contribution < -0.4 is 15.1 Å². The smallest absolute Gasteiger partial charge is 0.363 e. The Balaban J connectivity index is 2.11. The molecule has 0 bridgehead atoms. The van der Waals surface area contributed by atoms with E-state index in [1.165, 1.54) is 4.90 Å². The van der Waals surface area contributed by atoms with Gasteiger partial charge in [0.2, 0.25) is 11.9 Å². The van der Waals surface area contributed by atoms with E-state index in [0.717, 1.165) is 6.07 Å². The predicted molar refractivity (Wildman–Crippen MR) is 96.5 cm³/mol. The molecule has 0 saturated carbocycles. The quantitative estimate of drug-likeness (QED) is 0.759. The fourth-order valence-corrected chi connectivity index (χ4v) is 2.68. The molecule has 2 heterocycles. The zero-order chi connectivity index (χ0) is 20.0. The van der Waals surface area contributed by atoms with Crippen molar-refractivity contribution in [3.8, 4) is 12.3 Å². The van der Waals surface area contributed by atoms with Crippen molar-refractivity contribution in [2.45, 2.75) is 12.6 Å². The van der Waals surface area contributed by atoms with Crippen molar-refractivity contribution in [1.29, 1.82) is 0 Å². The van der Waals surface area contributed by atoms with Gasteiger partial charge in [0.15, 0.2) is 5.69 Å². The highest BCUT2D eigenvalue weighted by atomic mass is 19.4. The van der Waals surface area contributed by atoms with Gasteiger partial charge in [0.05, 0.1) is 13.1 Å². The summed E-state index contributed by atoms with van der Waals surface area (Å²) < 4.78 is 39.5. The van der Waals surface area contributed by atoms with Gasteiger partial charge in [-0.15, -0.1) is 6.42 Å². The minimum Gasteiger partial charge on any atom is -0.363 e. The van der Waals surface area contributed by atoms with Crippen molar-refractivity contribution in [3.63, 3.8) is 0 Å². The van der Waals surface area contributed by atoms with Crippen LogP contribution in [0.15, 0.2) is 6.07 Å². The molecule has 1 amide bonds. The first-order chi connectivity index (χ1) is 12.7. The highest BCUT2D eigenvalue weighted by Crippen LogP contribution is 2.31. The Hall–Kier alpha value is -2.54. The van der Waals surface area contributed by atoms with Gasteiger partial charge < -0.3 is 15.1 Å². The Morgan fingerprint density at radius 2 is 2.04 bits per heavy atom.